The highest BCUT2D eigenvalue weighted by molar-refractivity contribution is 5.66. The third-order valence-electron chi connectivity index (χ3n) is 3.70. The summed E-state index contributed by atoms with van der Waals surface area (Å²) in [6.07, 6.45) is 2.71. The number of carbonyl (C=O) groups is 1. The van der Waals surface area contributed by atoms with Crippen LogP contribution in [0.3, 0.4) is 0 Å². The fraction of sp³-hybridized carbons (Fsp3) is 0.467. The number of hydrogen-bond acceptors (Lipinski definition) is 3. The average Bonchev–Trinajstić information content (AvgIpc) is 2.45. The van der Waals surface area contributed by atoms with E-state index >= 15 is 0 Å². The van der Waals surface area contributed by atoms with E-state index in [-0.39, 0.29) is 18.2 Å². The molecule has 1 unspecified atom stereocenters. The fourth-order valence-electron chi connectivity index (χ4n) is 2.68. The number of carboxylic acid groups (broad SMARTS) is 1. The number of benzene rings is 1. The van der Waals surface area contributed by atoms with Gasteiger partial charge < -0.3 is 10.0 Å². The van der Waals surface area contributed by atoms with E-state index in [1.165, 1.54) is 6.07 Å². The lowest BCUT2D eigenvalue weighted by Crippen LogP contribution is -2.36. The molecule has 4 nitrogen and oxygen atoms in total. The first kappa shape index (κ1) is 14.3. The molecular formula is C15H17FN2O2. The first-order valence-electron chi connectivity index (χ1n) is 6.76. The van der Waals surface area contributed by atoms with Crippen molar-refractivity contribution in [3.05, 3.63) is 29.6 Å². The van der Waals surface area contributed by atoms with E-state index in [0.717, 1.165) is 19.4 Å². The van der Waals surface area contributed by atoms with Crippen LogP contribution in [-0.2, 0) is 4.79 Å². The smallest absolute Gasteiger partial charge is 0.303 e. The minimum atomic E-state index is -0.785. The summed E-state index contributed by atoms with van der Waals surface area (Å²) in [5, 5.41) is 17.5. The second kappa shape index (κ2) is 6.38. The van der Waals surface area contributed by atoms with Crippen molar-refractivity contribution in [2.45, 2.75) is 25.7 Å². The zero-order valence-electron chi connectivity index (χ0n) is 11.2. The van der Waals surface area contributed by atoms with Gasteiger partial charge in [-0.2, -0.15) is 5.26 Å². The van der Waals surface area contributed by atoms with Crippen LogP contribution in [0.25, 0.3) is 0 Å². The molecule has 1 aromatic carbocycles. The summed E-state index contributed by atoms with van der Waals surface area (Å²) in [4.78, 5) is 12.6. The Balaban J connectivity index is 2.05. The molecule has 20 heavy (non-hydrogen) atoms. The molecule has 1 aromatic rings. The fourth-order valence-corrected chi connectivity index (χ4v) is 2.68. The van der Waals surface area contributed by atoms with Gasteiger partial charge in [0.15, 0.2) is 0 Å². The number of rotatable bonds is 4. The summed E-state index contributed by atoms with van der Waals surface area (Å²) in [6.45, 7) is 1.45. The molecule has 1 atom stereocenters. The van der Waals surface area contributed by atoms with Gasteiger partial charge >= 0.3 is 5.97 Å². The lowest BCUT2D eigenvalue weighted by atomic mass is 9.93. The second-order valence-electron chi connectivity index (χ2n) is 5.16. The van der Waals surface area contributed by atoms with Crippen molar-refractivity contribution < 1.29 is 14.3 Å². The van der Waals surface area contributed by atoms with Crippen LogP contribution in [0, 0.1) is 23.1 Å². The number of aliphatic carboxylic acids is 1. The SMILES string of the molecule is N#Cc1ccc(N2CCCC(CCC(=O)O)C2)c(F)c1. The maximum absolute atomic E-state index is 14.0. The molecule has 0 radical (unpaired) electrons. The molecule has 1 aliphatic heterocycles. The van der Waals surface area contributed by atoms with Gasteiger partial charge in [0.1, 0.15) is 5.82 Å². The van der Waals surface area contributed by atoms with Crippen molar-refractivity contribution >= 4 is 11.7 Å². The van der Waals surface area contributed by atoms with Crippen molar-refractivity contribution in [2.75, 3.05) is 18.0 Å². The Hall–Kier alpha value is -2.09. The topological polar surface area (TPSA) is 64.3 Å². The Morgan fingerprint density at radius 1 is 1.55 bits per heavy atom. The number of hydrogen-bond donors (Lipinski definition) is 1. The summed E-state index contributed by atoms with van der Waals surface area (Å²) in [7, 11) is 0. The quantitative estimate of drug-likeness (QED) is 0.918. The molecule has 5 heteroatoms. The third-order valence-corrected chi connectivity index (χ3v) is 3.70. The first-order valence-corrected chi connectivity index (χ1v) is 6.76. The van der Waals surface area contributed by atoms with Crippen molar-refractivity contribution in [1.82, 2.24) is 0 Å². The van der Waals surface area contributed by atoms with Crippen LogP contribution in [0.1, 0.15) is 31.2 Å². The molecule has 1 saturated heterocycles. The number of carboxylic acids is 1. The van der Waals surface area contributed by atoms with Gasteiger partial charge in [0, 0.05) is 19.5 Å². The van der Waals surface area contributed by atoms with Gasteiger partial charge in [-0.1, -0.05) is 0 Å². The molecule has 106 valence electrons. The highest BCUT2D eigenvalue weighted by Gasteiger charge is 2.22. The monoisotopic (exact) mass is 276 g/mol. The standard InChI is InChI=1S/C15H17FN2O2/c16-13-8-12(9-17)3-5-14(13)18-7-1-2-11(10-18)4-6-15(19)20/h3,5,8,11H,1-2,4,6-7,10H2,(H,19,20). The number of nitriles is 1. The number of halogens is 1. The van der Waals surface area contributed by atoms with Gasteiger partial charge in [-0.05, 0) is 43.4 Å². The van der Waals surface area contributed by atoms with Crippen molar-refractivity contribution in [2.24, 2.45) is 5.92 Å². The number of anilines is 1. The van der Waals surface area contributed by atoms with Crippen LogP contribution in [0.4, 0.5) is 10.1 Å². The highest BCUT2D eigenvalue weighted by Crippen LogP contribution is 2.28. The predicted molar refractivity (Wildman–Crippen MR) is 72.9 cm³/mol. The summed E-state index contributed by atoms with van der Waals surface area (Å²) >= 11 is 0. The zero-order chi connectivity index (χ0) is 14.5. The van der Waals surface area contributed by atoms with E-state index in [4.69, 9.17) is 10.4 Å². The van der Waals surface area contributed by atoms with Crippen LogP contribution in [0.5, 0.6) is 0 Å². The molecular weight excluding hydrogens is 259 g/mol. The Kier molecular flexibility index (Phi) is 4.57. The zero-order valence-corrected chi connectivity index (χ0v) is 11.2. The third kappa shape index (κ3) is 3.47. The van der Waals surface area contributed by atoms with E-state index in [0.29, 0.717) is 24.2 Å². The Morgan fingerprint density at radius 2 is 2.35 bits per heavy atom. The summed E-state index contributed by atoms with van der Waals surface area (Å²) in [5.74, 6) is -0.885. The molecule has 1 N–H and O–H groups in total. The molecule has 1 aliphatic rings. The maximum Gasteiger partial charge on any atom is 0.303 e. The van der Waals surface area contributed by atoms with E-state index in [1.54, 1.807) is 12.1 Å². The van der Waals surface area contributed by atoms with Gasteiger partial charge in [0.2, 0.25) is 0 Å². The lowest BCUT2D eigenvalue weighted by molar-refractivity contribution is -0.137. The Morgan fingerprint density at radius 3 is 3.00 bits per heavy atom. The molecule has 1 heterocycles. The minimum Gasteiger partial charge on any atom is -0.481 e. The summed E-state index contributed by atoms with van der Waals surface area (Å²) in [6, 6.07) is 6.40. The molecule has 0 bridgehead atoms. The molecule has 0 saturated carbocycles. The number of piperidine rings is 1. The highest BCUT2D eigenvalue weighted by atomic mass is 19.1. The van der Waals surface area contributed by atoms with Crippen LogP contribution >= 0.6 is 0 Å². The predicted octanol–water partition coefficient (Wildman–Crippen LogP) is 2.78. The van der Waals surface area contributed by atoms with Gasteiger partial charge in [-0.3, -0.25) is 4.79 Å². The first-order chi connectivity index (χ1) is 9.60. The molecule has 1 fully saturated rings. The molecule has 0 aliphatic carbocycles. The van der Waals surface area contributed by atoms with E-state index in [9.17, 15) is 9.18 Å². The van der Waals surface area contributed by atoms with Crippen molar-refractivity contribution in [1.29, 1.82) is 5.26 Å². The maximum atomic E-state index is 14.0. The number of nitrogens with zero attached hydrogens (tertiary/aromatic N) is 2. The van der Waals surface area contributed by atoms with E-state index in [2.05, 4.69) is 0 Å². The molecule has 0 amide bonds. The molecule has 2 rings (SSSR count). The normalized spacial score (nSPS) is 18.6. The lowest BCUT2D eigenvalue weighted by Gasteiger charge is -2.34. The Labute approximate surface area is 117 Å². The van der Waals surface area contributed by atoms with Crippen molar-refractivity contribution in [3.63, 3.8) is 0 Å². The van der Waals surface area contributed by atoms with E-state index < -0.39 is 5.97 Å². The van der Waals surface area contributed by atoms with Gasteiger partial charge in [0.25, 0.3) is 0 Å². The summed E-state index contributed by atoms with van der Waals surface area (Å²) < 4.78 is 14.0. The van der Waals surface area contributed by atoms with Crippen LogP contribution in [0.2, 0.25) is 0 Å². The van der Waals surface area contributed by atoms with Crippen molar-refractivity contribution in [3.8, 4) is 6.07 Å². The largest absolute Gasteiger partial charge is 0.481 e. The summed E-state index contributed by atoms with van der Waals surface area (Å²) in [5.41, 5.74) is 0.815. The average molecular weight is 276 g/mol. The molecule has 0 aromatic heterocycles. The van der Waals surface area contributed by atoms with Gasteiger partial charge in [0.05, 0.1) is 17.3 Å². The van der Waals surface area contributed by atoms with Crippen LogP contribution in [0.15, 0.2) is 18.2 Å². The second-order valence-corrected chi connectivity index (χ2v) is 5.16. The van der Waals surface area contributed by atoms with Gasteiger partial charge in [-0.15, -0.1) is 0 Å². The minimum absolute atomic E-state index is 0.161. The molecule has 0 spiro atoms. The van der Waals surface area contributed by atoms with Crippen LogP contribution in [-0.4, -0.2) is 24.2 Å². The Bertz CT molecular complexity index is 539. The van der Waals surface area contributed by atoms with Gasteiger partial charge in [-0.25, -0.2) is 4.39 Å². The van der Waals surface area contributed by atoms with E-state index in [1.807, 2.05) is 11.0 Å². The van der Waals surface area contributed by atoms with Crippen LogP contribution < -0.4 is 4.90 Å².